The molecule has 2 heterocycles. The molecule has 0 radical (unpaired) electrons. The van der Waals surface area contributed by atoms with Crippen LogP contribution in [-0.4, -0.2) is 34.7 Å². The molecule has 0 aliphatic heterocycles. The van der Waals surface area contributed by atoms with Crippen molar-refractivity contribution in [3.05, 3.63) is 75.9 Å². The summed E-state index contributed by atoms with van der Waals surface area (Å²) < 4.78 is 10.7. The summed E-state index contributed by atoms with van der Waals surface area (Å²) in [5.41, 5.74) is 8.04. The predicted molar refractivity (Wildman–Crippen MR) is 122 cm³/mol. The lowest BCUT2D eigenvalue weighted by Gasteiger charge is -2.06. The van der Waals surface area contributed by atoms with Crippen LogP contribution in [0.4, 0.5) is 11.4 Å². The fourth-order valence-corrected chi connectivity index (χ4v) is 2.91. The van der Waals surface area contributed by atoms with Crippen molar-refractivity contribution >= 4 is 44.8 Å². The van der Waals surface area contributed by atoms with Crippen LogP contribution < -0.4 is 10.5 Å². The van der Waals surface area contributed by atoms with Crippen molar-refractivity contribution in [2.24, 2.45) is 0 Å². The molecule has 0 unspecified atom stereocenters. The first-order chi connectivity index (χ1) is 15.0. The number of nitrogens with zero attached hydrogens (tertiary/aromatic N) is 3. The quantitative estimate of drug-likeness (QED) is 0.147. The molecular weight excluding hydrogens is 420 g/mol. The fraction of sp³-hybridized carbons (Fsp3) is 0.182. The van der Waals surface area contributed by atoms with Gasteiger partial charge in [-0.1, -0.05) is 11.6 Å². The molecular formula is C22H21ClN4O4. The third kappa shape index (κ3) is 6.24. The van der Waals surface area contributed by atoms with Gasteiger partial charge in [0.15, 0.2) is 0 Å². The van der Waals surface area contributed by atoms with Gasteiger partial charge in [-0.3, -0.25) is 10.1 Å². The van der Waals surface area contributed by atoms with Gasteiger partial charge in [-0.15, -0.1) is 0 Å². The zero-order chi connectivity index (χ0) is 22.2. The molecule has 0 saturated heterocycles. The Labute approximate surface area is 183 Å². The van der Waals surface area contributed by atoms with Gasteiger partial charge in [0.25, 0.3) is 5.69 Å². The monoisotopic (exact) mass is 440 g/mol. The van der Waals surface area contributed by atoms with Gasteiger partial charge in [0.2, 0.25) is 5.88 Å². The highest BCUT2D eigenvalue weighted by molar-refractivity contribution is 6.29. The number of rotatable bonds is 6. The molecule has 0 fully saturated rings. The molecule has 4 rings (SSSR count). The van der Waals surface area contributed by atoms with Crippen LogP contribution in [0.3, 0.4) is 0 Å². The van der Waals surface area contributed by atoms with Gasteiger partial charge in [0, 0.05) is 41.3 Å². The topological polar surface area (TPSA) is 113 Å². The number of nitro benzene ring substituents is 1. The zero-order valence-corrected chi connectivity index (χ0v) is 17.6. The predicted octanol–water partition coefficient (Wildman–Crippen LogP) is 5.03. The summed E-state index contributed by atoms with van der Waals surface area (Å²) in [7, 11) is 0. The summed E-state index contributed by atoms with van der Waals surface area (Å²) in [5, 5.41) is 12.6. The summed E-state index contributed by atoms with van der Waals surface area (Å²) in [5.74, 6) is 0.613. The number of non-ortho nitro benzene ring substituents is 1. The minimum absolute atomic E-state index is 0.0571. The van der Waals surface area contributed by atoms with Crippen LogP contribution in [0.5, 0.6) is 5.88 Å². The number of ether oxygens (including phenoxy) is 2. The van der Waals surface area contributed by atoms with E-state index < -0.39 is 4.92 Å². The summed E-state index contributed by atoms with van der Waals surface area (Å²) in [6.45, 7) is 3.76. The van der Waals surface area contributed by atoms with Crippen molar-refractivity contribution < 1.29 is 14.4 Å². The van der Waals surface area contributed by atoms with E-state index in [2.05, 4.69) is 9.97 Å². The van der Waals surface area contributed by atoms with Crippen molar-refractivity contribution in [2.45, 2.75) is 6.92 Å². The van der Waals surface area contributed by atoms with Gasteiger partial charge < -0.3 is 15.2 Å². The van der Waals surface area contributed by atoms with E-state index in [0.29, 0.717) is 41.8 Å². The van der Waals surface area contributed by atoms with Crippen LogP contribution in [0.25, 0.3) is 21.8 Å². The largest absolute Gasteiger partial charge is 0.475 e. The molecule has 0 saturated carbocycles. The molecule has 4 aromatic rings. The van der Waals surface area contributed by atoms with Crippen molar-refractivity contribution in [3.63, 3.8) is 0 Å². The van der Waals surface area contributed by atoms with Crippen LogP contribution in [0.2, 0.25) is 5.15 Å². The number of fused-ring (bicyclic) bond motifs is 2. The van der Waals surface area contributed by atoms with Gasteiger partial charge in [0.1, 0.15) is 11.8 Å². The second kappa shape index (κ2) is 10.5. The Morgan fingerprint density at radius 3 is 2.45 bits per heavy atom. The maximum atomic E-state index is 10.5. The normalized spacial score (nSPS) is 10.5. The first-order valence-corrected chi connectivity index (χ1v) is 9.91. The standard InChI is InChI=1S/C13H16N2O2.C9H5ClN2O2/c1-2-16-7-8-17-13-6-3-10-9-11(14)4-5-12(10)15-13;10-9-4-1-6-5-7(12(13)14)2-3-8(6)11-9/h3-6,9H,2,7-8,14H2,1H3;1-5H. The highest BCUT2D eigenvalue weighted by Crippen LogP contribution is 2.21. The van der Waals surface area contributed by atoms with Crippen LogP contribution in [0.15, 0.2) is 60.7 Å². The molecule has 0 amide bonds. The molecule has 31 heavy (non-hydrogen) atoms. The number of pyridine rings is 2. The second-order valence-corrected chi connectivity index (χ2v) is 6.80. The maximum absolute atomic E-state index is 10.5. The molecule has 9 heteroatoms. The molecule has 0 aliphatic rings. The van der Waals surface area contributed by atoms with E-state index in [1.807, 2.05) is 37.3 Å². The number of halogens is 1. The fourth-order valence-electron chi connectivity index (χ4n) is 2.76. The Bertz CT molecular complexity index is 1200. The number of nitrogen functional groups attached to an aromatic ring is 1. The van der Waals surface area contributed by atoms with Crippen molar-refractivity contribution in [2.75, 3.05) is 25.6 Å². The van der Waals surface area contributed by atoms with Crippen LogP contribution in [0.1, 0.15) is 6.92 Å². The molecule has 160 valence electrons. The summed E-state index contributed by atoms with van der Waals surface area (Å²) in [6.07, 6.45) is 0. The number of aromatic nitrogens is 2. The van der Waals surface area contributed by atoms with Gasteiger partial charge in [-0.25, -0.2) is 9.97 Å². The van der Waals surface area contributed by atoms with E-state index >= 15 is 0 Å². The average molecular weight is 441 g/mol. The maximum Gasteiger partial charge on any atom is 0.270 e. The lowest BCUT2D eigenvalue weighted by atomic mass is 10.2. The minimum Gasteiger partial charge on any atom is -0.475 e. The van der Waals surface area contributed by atoms with E-state index in [-0.39, 0.29) is 5.69 Å². The first kappa shape index (κ1) is 22.2. The first-order valence-electron chi connectivity index (χ1n) is 9.54. The summed E-state index contributed by atoms with van der Waals surface area (Å²) in [4.78, 5) is 18.4. The van der Waals surface area contributed by atoms with E-state index in [9.17, 15) is 10.1 Å². The number of hydrogen-bond donors (Lipinski definition) is 1. The third-order valence-electron chi connectivity index (χ3n) is 4.22. The Morgan fingerprint density at radius 1 is 0.968 bits per heavy atom. The number of nitrogens with two attached hydrogens (primary N) is 1. The molecule has 0 spiro atoms. The van der Waals surface area contributed by atoms with E-state index in [4.69, 9.17) is 26.8 Å². The Balaban J connectivity index is 0.000000179. The Hall–Kier alpha value is -3.49. The second-order valence-electron chi connectivity index (χ2n) is 6.42. The molecule has 0 bridgehead atoms. The lowest BCUT2D eigenvalue weighted by Crippen LogP contribution is -2.07. The van der Waals surface area contributed by atoms with E-state index in [1.54, 1.807) is 18.2 Å². The summed E-state index contributed by atoms with van der Waals surface area (Å²) in [6, 6.07) is 17.2. The molecule has 2 aromatic carbocycles. The molecule has 2 aromatic heterocycles. The summed E-state index contributed by atoms with van der Waals surface area (Å²) >= 11 is 5.68. The lowest BCUT2D eigenvalue weighted by molar-refractivity contribution is -0.384. The number of anilines is 1. The van der Waals surface area contributed by atoms with Crippen LogP contribution in [-0.2, 0) is 4.74 Å². The molecule has 2 N–H and O–H groups in total. The molecule has 8 nitrogen and oxygen atoms in total. The van der Waals surface area contributed by atoms with Crippen molar-refractivity contribution in [1.82, 2.24) is 9.97 Å². The Kier molecular flexibility index (Phi) is 7.53. The molecule has 0 atom stereocenters. The van der Waals surface area contributed by atoms with Crippen LogP contribution in [0, 0.1) is 10.1 Å². The zero-order valence-electron chi connectivity index (χ0n) is 16.8. The van der Waals surface area contributed by atoms with Gasteiger partial charge >= 0.3 is 0 Å². The smallest absolute Gasteiger partial charge is 0.270 e. The SMILES string of the molecule is CCOCCOc1ccc2cc(N)ccc2n1.O=[N+]([O-])c1ccc2nc(Cl)ccc2c1. The van der Waals surface area contributed by atoms with E-state index in [1.165, 1.54) is 12.1 Å². The van der Waals surface area contributed by atoms with Crippen LogP contribution >= 0.6 is 11.6 Å². The highest BCUT2D eigenvalue weighted by atomic mass is 35.5. The Morgan fingerprint density at radius 2 is 1.68 bits per heavy atom. The average Bonchev–Trinajstić information content (AvgIpc) is 2.76. The number of nitro groups is 1. The van der Waals surface area contributed by atoms with Gasteiger partial charge in [-0.05, 0) is 49.4 Å². The van der Waals surface area contributed by atoms with Crippen molar-refractivity contribution in [3.8, 4) is 5.88 Å². The van der Waals surface area contributed by atoms with Gasteiger partial charge in [-0.2, -0.15) is 0 Å². The van der Waals surface area contributed by atoms with Gasteiger partial charge in [0.05, 0.1) is 22.6 Å². The third-order valence-corrected chi connectivity index (χ3v) is 4.43. The number of benzene rings is 2. The minimum atomic E-state index is -0.436. The van der Waals surface area contributed by atoms with E-state index in [0.717, 1.165) is 16.6 Å². The number of hydrogen-bond acceptors (Lipinski definition) is 7. The highest BCUT2D eigenvalue weighted by Gasteiger charge is 2.06. The molecule has 0 aliphatic carbocycles. The van der Waals surface area contributed by atoms with Crippen molar-refractivity contribution in [1.29, 1.82) is 0 Å².